The lowest BCUT2D eigenvalue weighted by molar-refractivity contribution is -0.143. The van der Waals surface area contributed by atoms with Gasteiger partial charge in [0.25, 0.3) is 0 Å². The van der Waals surface area contributed by atoms with E-state index in [-0.39, 0.29) is 12.0 Å². The van der Waals surface area contributed by atoms with Gasteiger partial charge in [-0.25, -0.2) is 4.79 Å². The van der Waals surface area contributed by atoms with Crippen LogP contribution in [0.3, 0.4) is 0 Å². The Balaban J connectivity index is 3.03. The number of methoxy groups -OCH3 is 1. The SMILES string of the molecule is COC(=O)C(NC(C)C)c1ccc(Br)c(Cl)c1. The van der Waals surface area contributed by atoms with Gasteiger partial charge in [0.1, 0.15) is 6.04 Å². The number of rotatable bonds is 4. The third kappa shape index (κ3) is 3.98. The second kappa shape index (κ2) is 6.38. The number of ether oxygens (including phenoxy) is 1. The van der Waals surface area contributed by atoms with Gasteiger partial charge >= 0.3 is 5.97 Å². The van der Waals surface area contributed by atoms with E-state index in [4.69, 9.17) is 16.3 Å². The topological polar surface area (TPSA) is 38.3 Å². The fourth-order valence-electron chi connectivity index (χ4n) is 1.44. The lowest BCUT2D eigenvalue weighted by Crippen LogP contribution is -2.34. The van der Waals surface area contributed by atoms with Crippen molar-refractivity contribution in [1.82, 2.24) is 5.32 Å². The molecule has 0 spiro atoms. The molecule has 0 aromatic heterocycles. The third-order valence-electron chi connectivity index (χ3n) is 2.21. The molecule has 1 rings (SSSR count). The molecule has 94 valence electrons. The number of halogens is 2. The molecule has 1 atom stereocenters. The summed E-state index contributed by atoms with van der Waals surface area (Å²) in [4.78, 5) is 11.7. The Morgan fingerprint density at radius 2 is 2.12 bits per heavy atom. The zero-order valence-corrected chi connectivity index (χ0v) is 12.3. The first-order valence-corrected chi connectivity index (χ1v) is 6.41. The predicted molar refractivity (Wildman–Crippen MR) is 72.2 cm³/mol. The Hall–Kier alpha value is -0.580. The molecule has 0 aliphatic rings. The van der Waals surface area contributed by atoms with Crippen molar-refractivity contribution in [2.45, 2.75) is 25.9 Å². The van der Waals surface area contributed by atoms with E-state index in [0.29, 0.717) is 5.02 Å². The first-order chi connectivity index (χ1) is 7.95. The monoisotopic (exact) mass is 319 g/mol. The van der Waals surface area contributed by atoms with E-state index in [0.717, 1.165) is 10.0 Å². The van der Waals surface area contributed by atoms with Crippen LogP contribution in [0.1, 0.15) is 25.5 Å². The molecule has 0 bridgehead atoms. The van der Waals surface area contributed by atoms with Crippen LogP contribution in [-0.2, 0) is 9.53 Å². The van der Waals surface area contributed by atoms with Crippen LogP contribution in [0.4, 0.5) is 0 Å². The molecular formula is C12H15BrClNO2. The van der Waals surface area contributed by atoms with Crippen LogP contribution in [0.25, 0.3) is 0 Å². The third-order valence-corrected chi connectivity index (χ3v) is 3.45. The fraction of sp³-hybridized carbons (Fsp3) is 0.417. The van der Waals surface area contributed by atoms with Crippen molar-refractivity contribution < 1.29 is 9.53 Å². The summed E-state index contributed by atoms with van der Waals surface area (Å²) < 4.78 is 5.58. The average Bonchev–Trinajstić information content (AvgIpc) is 2.28. The summed E-state index contributed by atoms with van der Waals surface area (Å²) in [6.45, 7) is 3.94. The molecule has 17 heavy (non-hydrogen) atoms. The average molecular weight is 321 g/mol. The number of carbonyl (C=O) groups excluding carboxylic acids is 1. The summed E-state index contributed by atoms with van der Waals surface area (Å²) in [5.74, 6) is -0.322. The smallest absolute Gasteiger partial charge is 0.327 e. The minimum Gasteiger partial charge on any atom is -0.468 e. The highest BCUT2D eigenvalue weighted by molar-refractivity contribution is 9.10. The van der Waals surface area contributed by atoms with Crippen molar-refractivity contribution in [2.24, 2.45) is 0 Å². The van der Waals surface area contributed by atoms with Crippen molar-refractivity contribution in [1.29, 1.82) is 0 Å². The Morgan fingerprint density at radius 3 is 2.59 bits per heavy atom. The molecule has 0 aliphatic carbocycles. The van der Waals surface area contributed by atoms with Crippen molar-refractivity contribution >= 4 is 33.5 Å². The van der Waals surface area contributed by atoms with Crippen molar-refractivity contribution in [3.8, 4) is 0 Å². The van der Waals surface area contributed by atoms with Crippen LogP contribution in [0.2, 0.25) is 5.02 Å². The van der Waals surface area contributed by atoms with Gasteiger partial charge in [0, 0.05) is 10.5 Å². The lowest BCUT2D eigenvalue weighted by Gasteiger charge is -2.19. The zero-order valence-electron chi connectivity index (χ0n) is 9.96. The van der Waals surface area contributed by atoms with E-state index >= 15 is 0 Å². The Morgan fingerprint density at radius 1 is 1.47 bits per heavy atom. The maximum Gasteiger partial charge on any atom is 0.327 e. The molecule has 3 nitrogen and oxygen atoms in total. The Bertz CT molecular complexity index is 409. The van der Waals surface area contributed by atoms with E-state index in [1.807, 2.05) is 26.0 Å². The van der Waals surface area contributed by atoms with Crippen LogP contribution in [0, 0.1) is 0 Å². The van der Waals surface area contributed by atoms with Crippen LogP contribution >= 0.6 is 27.5 Å². The quantitative estimate of drug-likeness (QED) is 0.865. The van der Waals surface area contributed by atoms with Gasteiger partial charge in [0.15, 0.2) is 0 Å². The van der Waals surface area contributed by atoms with Gasteiger partial charge in [0.2, 0.25) is 0 Å². The zero-order chi connectivity index (χ0) is 13.0. The number of benzene rings is 1. The number of nitrogens with one attached hydrogen (secondary N) is 1. The minimum atomic E-state index is -0.495. The normalized spacial score (nSPS) is 12.6. The second-order valence-corrected chi connectivity index (χ2v) is 5.21. The fourth-order valence-corrected chi connectivity index (χ4v) is 1.88. The van der Waals surface area contributed by atoms with Gasteiger partial charge in [0.05, 0.1) is 12.1 Å². The molecule has 0 saturated heterocycles. The second-order valence-electron chi connectivity index (χ2n) is 3.95. The van der Waals surface area contributed by atoms with Crippen molar-refractivity contribution in [2.75, 3.05) is 7.11 Å². The van der Waals surface area contributed by atoms with E-state index < -0.39 is 6.04 Å². The molecule has 0 aliphatic heterocycles. The number of esters is 1. The predicted octanol–water partition coefficient (Wildman–Crippen LogP) is 3.31. The van der Waals surface area contributed by atoms with Crippen molar-refractivity contribution in [3.05, 3.63) is 33.3 Å². The summed E-state index contributed by atoms with van der Waals surface area (Å²) in [7, 11) is 1.37. The molecule has 1 N–H and O–H groups in total. The van der Waals surface area contributed by atoms with E-state index in [2.05, 4.69) is 21.2 Å². The van der Waals surface area contributed by atoms with Gasteiger partial charge in [-0.15, -0.1) is 0 Å². The summed E-state index contributed by atoms with van der Waals surface area (Å²) in [6, 6.07) is 5.08. The van der Waals surface area contributed by atoms with E-state index in [1.165, 1.54) is 7.11 Å². The molecular weight excluding hydrogens is 305 g/mol. The van der Waals surface area contributed by atoms with Gasteiger partial charge in [-0.3, -0.25) is 5.32 Å². The molecule has 5 heteroatoms. The summed E-state index contributed by atoms with van der Waals surface area (Å²) >= 11 is 9.33. The summed E-state index contributed by atoms with van der Waals surface area (Å²) in [5.41, 5.74) is 0.791. The minimum absolute atomic E-state index is 0.168. The highest BCUT2D eigenvalue weighted by Gasteiger charge is 2.22. The maximum absolute atomic E-state index is 11.7. The highest BCUT2D eigenvalue weighted by Crippen LogP contribution is 2.26. The summed E-state index contributed by atoms with van der Waals surface area (Å²) in [6.07, 6.45) is 0. The van der Waals surface area contributed by atoms with Gasteiger partial charge in [-0.2, -0.15) is 0 Å². The van der Waals surface area contributed by atoms with Crippen LogP contribution in [-0.4, -0.2) is 19.1 Å². The van der Waals surface area contributed by atoms with Gasteiger partial charge in [-0.05, 0) is 47.5 Å². The van der Waals surface area contributed by atoms with Crippen LogP contribution in [0.5, 0.6) is 0 Å². The first kappa shape index (κ1) is 14.5. The molecule has 1 aromatic rings. The summed E-state index contributed by atoms with van der Waals surface area (Å²) in [5, 5.41) is 3.72. The number of hydrogen-bond donors (Lipinski definition) is 1. The molecule has 0 amide bonds. The largest absolute Gasteiger partial charge is 0.468 e. The van der Waals surface area contributed by atoms with E-state index in [9.17, 15) is 4.79 Å². The van der Waals surface area contributed by atoms with Crippen molar-refractivity contribution in [3.63, 3.8) is 0 Å². The Kier molecular flexibility index (Phi) is 5.43. The molecule has 0 fully saturated rings. The highest BCUT2D eigenvalue weighted by atomic mass is 79.9. The first-order valence-electron chi connectivity index (χ1n) is 5.24. The van der Waals surface area contributed by atoms with E-state index in [1.54, 1.807) is 6.07 Å². The maximum atomic E-state index is 11.7. The molecule has 1 aromatic carbocycles. The number of hydrogen-bond acceptors (Lipinski definition) is 3. The van der Waals surface area contributed by atoms with Crippen LogP contribution in [0.15, 0.2) is 22.7 Å². The van der Waals surface area contributed by atoms with Gasteiger partial charge < -0.3 is 4.74 Å². The molecule has 0 saturated carbocycles. The Labute approximate surface area is 115 Å². The molecule has 0 radical (unpaired) electrons. The standard InChI is InChI=1S/C12H15BrClNO2/c1-7(2)15-11(12(16)17-3)8-4-5-9(13)10(14)6-8/h4-7,11,15H,1-3H3. The molecule has 1 unspecified atom stereocenters. The number of carbonyl (C=O) groups is 1. The molecule has 0 heterocycles. The van der Waals surface area contributed by atoms with Gasteiger partial charge in [-0.1, -0.05) is 17.7 Å². The van der Waals surface area contributed by atoms with Crippen LogP contribution < -0.4 is 5.32 Å². The lowest BCUT2D eigenvalue weighted by atomic mass is 10.1.